The van der Waals surface area contributed by atoms with Crippen LogP contribution in [-0.4, -0.2) is 28.7 Å². The number of primary amides is 2. The fraction of sp³-hybridized carbons (Fsp3) is 0.250. The van der Waals surface area contributed by atoms with Crippen molar-refractivity contribution in [2.45, 2.75) is 25.3 Å². The highest BCUT2D eigenvalue weighted by molar-refractivity contribution is 6.05. The Labute approximate surface area is 138 Å². The summed E-state index contributed by atoms with van der Waals surface area (Å²) >= 11 is 0. The maximum atomic E-state index is 11.7. The minimum atomic E-state index is -1.50. The third-order valence-corrected chi connectivity index (χ3v) is 3.28. The van der Waals surface area contributed by atoms with Gasteiger partial charge in [-0.3, -0.25) is 14.4 Å². The van der Waals surface area contributed by atoms with Crippen molar-refractivity contribution in [3.63, 3.8) is 0 Å². The molecule has 0 unspecified atom stereocenters. The Kier molecular flexibility index (Phi) is 5.67. The quantitative estimate of drug-likeness (QED) is 0.589. The van der Waals surface area contributed by atoms with Crippen molar-refractivity contribution in [3.8, 4) is 11.3 Å². The van der Waals surface area contributed by atoms with Crippen LogP contribution in [0, 0.1) is 0 Å². The van der Waals surface area contributed by atoms with Gasteiger partial charge in [0.15, 0.2) is 17.7 Å². The lowest BCUT2D eigenvalue weighted by Gasteiger charge is -2.11. The Morgan fingerprint density at radius 1 is 1.12 bits per heavy atom. The Morgan fingerprint density at radius 3 is 2.42 bits per heavy atom. The van der Waals surface area contributed by atoms with Crippen LogP contribution in [0.1, 0.15) is 18.7 Å². The molecule has 1 aromatic heterocycles. The van der Waals surface area contributed by atoms with Crippen LogP contribution < -0.4 is 16.8 Å². The minimum Gasteiger partial charge on any atom is -0.441 e. The average molecular weight is 330 g/mol. The number of rotatable bonds is 8. The summed E-state index contributed by atoms with van der Waals surface area (Å²) in [6, 6.07) is 8.02. The number of nitrogens with two attached hydrogens (primary N) is 2. The molecule has 24 heavy (non-hydrogen) atoms. The van der Waals surface area contributed by atoms with Crippen LogP contribution in [0.25, 0.3) is 11.3 Å². The Bertz CT molecular complexity index is 713. The van der Waals surface area contributed by atoms with Gasteiger partial charge < -0.3 is 21.2 Å². The molecule has 2 rings (SSSR count). The highest BCUT2D eigenvalue weighted by Gasteiger charge is 2.23. The molecule has 0 saturated heterocycles. The molecule has 2 aromatic rings. The van der Waals surface area contributed by atoms with Crippen molar-refractivity contribution in [1.29, 1.82) is 0 Å². The molecule has 0 bridgehead atoms. The first-order chi connectivity index (χ1) is 11.5. The molecule has 0 aliphatic heterocycles. The number of carbonyl (C=O) groups excluding carboxylic acids is 3. The summed E-state index contributed by atoms with van der Waals surface area (Å²) < 4.78 is 5.62. The molecule has 0 aliphatic carbocycles. The zero-order valence-corrected chi connectivity index (χ0v) is 12.9. The van der Waals surface area contributed by atoms with Gasteiger partial charge in [-0.2, -0.15) is 0 Å². The SMILES string of the molecule is NC(=O)C(NC(=O)CCCc1ncc(-c2ccccc2)o1)C(N)=O. The minimum absolute atomic E-state index is 0.0834. The Morgan fingerprint density at radius 2 is 1.79 bits per heavy atom. The van der Waals surface area contributed by atoms with Crippen LogP contribution in [0.4, 0.5) is 0 Å². The average Bonchev–Trinajstić information content (AvgIpc) is 3.02. The van der Waals surface area contributed by atoms with Crippen molar-refractivity contribution >= 4 is 17.7 Å². The van der Waals surface area contributed by atoms with Gasteiger partial charge in [0, 0.05) is 18.4 Å². The van der Waals surface area contributed by atoms with Gasteiger partial charge in [-0.15, -0.1) is 0 Å². The van der Waals surface area contributed by atoms with E-state index in [9.17, 15) is 14.4 Å². The molecule has 0 aliphatic rings. The Hall–Kier alpha value is -3.16. The predicted molar refractivity (Wildman–Crippen MR) is 85.2 cm³/mol. The summed E-state index contributed by atoms with van der Waals surface area (Å²) in [5, 5.41) is 2.19. The third kappa shape index (κ3) is 4.67. The molecular formula is C16H18N4O4. The van der Waals surface area contributed by atoms with Crippen molar-refractivity contribution in [2.24, 2.45) is 11.5 Å². The van der Waals surface area contributed by atoms with E-state index in [0.29, 0.717) is 24.5 Å². The van der Waals surface area contributed by atoms with Gasteiger partial charge in [-0.05, 0) is 6.42 Å². The smallest absolute Gasteiger partial charge is 0.249 e. The van der Waals surface area contributed by atoms with E-state index >= 15 is 0 Å². The van der Waals surface area contributed by atoms with Crippen LogP contribution in [0.2, 0.25) is 0 Å². The second kappa shape index (κ2) is 7.91. The lowest BCUT2D eigenvalue weighted by atomic mass is 10.2. The van der Waals surface area contributed by atoms with E-state index in [2.05, 4.69) is 10.3 Å². The summed E-state index contributed by atoms with van der Waals surface area (Å²) in [6.45, 7) is 0. The van der Waals surface area contributed by atoms with Crippen LogP contribution >= 0.6 is 0 Å². The van der Waals surface area contributed by atoms with Crippen LogP contribution in [0.3, 0.4) is 0 Å². The summed E-state index contributed by atoms with van der Waals surface area (Å²) in [5.41, 5.74) is 10.9. The van der Waals surface area contributed by atoms with E-state index in [-0.39, 0.29) is 6.42 Å². The molecule has 8 nitrogen and oxygen atoms in total. The number of hydrogen-bond acceptors (Lipinski definition) is 5. The third-order valence-electron chi connectivity index (χ3n) is 3.28. The zero-order chi connectivity index (χ0) is 17.5. The number of amides is 3. The molecule has 126 valence electrons. The highest BCUT2D eigenvalue weighted by atomic mass is 16.4. The van der Waals surface area contributed by atoms with Crippen LogP contribution in [-0.2, 0) is 20.8 Å². The van der Waals surface area contributed by atoms with E-state index in [4.69, 9.17) is 15.9 Å². The number of aryl methyl sites for hydroxylation is 1. The fourth-order valence-corrected chi connectivity index (χ4v) is 2.08. The molecule has 0 spiro atoms. The molecule has 0 saturated carbocycles. The maximum Gasteiger partial charge on any atom is 0.249 e. The van der Waals surface area contributed by atoms with E-state index in [1.807, 2.05) is 30.3 Å². The molecule has 1 aromatic carbocycles. The van der Waals surface area contributed by atoms with E-state index in [1.165, 1.54) is 0 Å². The summed E-state index contributed by atoms with van der Waals surface area (Å²) in [4.78, 5) is 37.8. The standard InChI is InChI=1S/C16H18N4O4/c17-15(22)14(16(18)23)20-12(21)7-4-8-13-19-9-11(24-13)10-5-2-1-3-6-10/h1-3,5-6,9,14H,4,7-8H2,(H2,17,22)(H2,18,23)(H,20,21). The predicted octanol–water partition coefficient (Wildman–Crippen LogP) is 0.120. The van der Waals surface area contributed by atoms with Gasteiger partial charge in [0.1, 0.15) is 0 Å². The second-order valence-electron chi connectivity index (χ2n) is 5.14. The topological polar surface area (TPSA) is 141 Å². The van der Waals surface area contributed by atoms with Crippen molar-refractivity contribution < 1.29 is 18.8 Å². The number of nitrogens with zero attached hydrogens (tertiary/aromatic N) is 1. The molecule has 5 N–H and O–H groups in total. The van der Waals surface area contributed by atoms with Gasteiger partial charge in [0.25, 0.3) is 0 Å². The van der Waals surface area contributed by atoms with Crippen molar-refractivity contribution in [2.75, 3.05) is 0 Å². The monoisotopic (exact) mass is 330 g/mol. The second-order valence-corrected chi connectivity index (χ2v) is 5.14. The van der Waals surface area contributed by atoms with Crippen LogP contribution in [0.15, 0.2) is 40.9 Å². The van der Waals surface area contributed by atoms with E-state index in [1.54, 1.807) is 6.20 Å². The van der Waals surface area contributed by atoms with Gasteiger partial charge in [0.2, 0.25) is 17.7 Å². The molecule has 0 fully saturated rings. The fourth-order valence-electron chi connectivity index (χ4n) is 2.08. The summed E-state index contributed by atoms with van der Waals surface area (Å²) in [6.07, 6.45) is 2.59. The Balaban J connectivity index is 1.82. The van der Waals surface area contributed by atoms with E-state index in [0.717, 1.165) is 5.56 Å². The molecular weight excluding hydrogens is 312 g/mol. The zero-order valence-electron chi connectivity index (χ0n) is 12.9. The molecule has 0 radical (unpaired) electrons. The van der Waals surface area contributed by atoms with Gasteiger partial charge in [-0.1, -0.05) is 30.3 Å². The number of hydrogen-bond donors (Lipinski definition) is 3. The molecule has 8 heteroatoms. The summed E-state index contributed by atoms with van der Waals surface area (Å²) in [5.74, 6) is -1.32. The number of benzene rings is 1. The van der Waals surface area contributed by atoms with Gasteiger partial charge in [0.05, 0.1) is 6.20 Å². The lowest BCUT2D eigenvalue weighted by Crippen LogP contribution is -2.52. The number of oxazole rings is 1. The van der Waals surface area contributed by atoms with E-state index < -0.39 is 23.8 Å². The maximum absolute atomic E-state index is 11.7. The highest BCUT2D eigenvalue weighted by Crippen LogP contribution is 2.20. The first kappa shape index (κ1) is 17.2. The number of carbonyl (C=O) groups is 3. The molecule has 0 atom stereocenters. The molecule has 3 amide bonds. The first-order valence-electron chi connectivity index (χ1n) is 7.35. The van der Waals surface area contributed by atoms with Crippen molar-refractivity contribution in [3.05, 3.63) is 42.4 Å². The normalized spacial score (nSPS) is 10.5. The first-order valence-corrected chi connectivity index (χ1v) is 7.35. The number of aromatic nitrogens is 1. The largest absolute Gasteiger partial charge is 0.441 e. The molecule has 1 heterocycles. The number of nitrogens with one attached hydrogen (secondary N) is 1. The summed E-state index contributed by atoms with van der Waals surface area (Å²) in [7, 11) is 0. The van der Waals surface area contributed by atoms with Gasteiger partial charge >= 0.3 is 0 Å². The van der Waals surface area contributed by atoms with Crippen molar-refractivity contribution in [1.82, 2.24) is 10.3 Å². The van der Waals surface area contributed by atoms with Crippen LogP contribution in [0.5, 0.6) is 0 Å². The lowest BCUT2D eigenvalue weighted by molar-refractivity contribution is -0.134. The van der Waals surface area contributed by atoms with Gasteiger partial charge in [-0.25, -0.2) is 4.98 Å².